The molecule has 0 spiro atoms. The highest BCUT2D eigenvalue weighted by molar-refractivity contribution is 5.91. The van der Waals surface area contributed by atoms with Gasteiger partial charge in [0.15, 0.2) is 11.5 Å². The highest BCUT2D eigenvalue weighted by Gasteiger charge is 2.33. The van der Waals surface area contributed by atoms with E-state index in [9.17, 15) is 18.0 Å². The second-order valence-electron chi connectivity index (χ2n) is 5.28. The molecule has 0 unspecified atom stereocenters. The molecule has 0 aromatic heterocycles. The van der Waals surface area contributed by atoms with E-state index in [-0.39, 0.29) is 18.9 Å². The minimum atomic E-state index is -4.51. The summed E-state index contributed by atoms with van der Waals surface area (Å²) in [6.07, 6.45) is -4.07. The van der Waals surface area contributed by atoms with Crippen LogP contribution in [0.1, 0.15) is 17.5 Å². The van der Waals surface area contributed by atoms with Crippen LogP contribution < -0.4 is 14.8 Å². The van der Waals surface area contributed by atoms with E-state index in [0.717, 1.165) is 11.6 Å². The van der Waals surface area contributed by atoms with E-state index in [0.29, 0.717) is 17.9 Å². The summed E-state index contributed by atoms with van der Waals surface area (Å²) in [5, 5.41) is 2.32. The topological polar surface area (TPSA) is 47.6 Å². The molecule has 0 bridgehead atoms. The van der Waals surface area contributed by atoms with Crippen LogP contribution in [0.5, 0.6) is 11.5 Å². The van der Waals surface area contributed by atoms with Crippen molar-refractivity contribution < 1.29 is 27.4 Å². The first-order chi connectivity index (χ1) is 11.4. The average Bonchev–Trinajstić information content (AvgIpc) is 3.00. The Morgan fingerprint density at radius 3 is 2.62 bits per heavy atom. The molecule has 126 valence electrons. The van der Waals surface area contributed by atoms with Crippen LogP contribution in [0.3, 0.4) is 0 Å². The van der Waals surface area contributed by atoms with E-state index in [4.69, 9.17) is 9.47 Å². The minimum Gasteiger partial charge on any atom is -0.454 e. The average molecular weight is 337 g/mol. The smallest absolute Gasteiger partial charge is 0.418 e. The number of alkyl halides is 3. The molecule has 0 aliphatic carbocycles. The number of amides is 1. The van der Waals surface area contributed by atoms with Crippen LogP contribution in [0.15, 0.2) is 42.5 Å². The molecule has 4 nitrogen and oxygen atoms in total. The van der Waals surface area contributed by atoms with Crippen LogP contribution in [0, 0.1) is 0 Å². The number of carbonyl (C=O) groups is 1. The number of rotatable bonds is 4. The number of carbonyl (C=O) groups excluding carboxylic acids is 1. The van der Waals surface area contributed by atoms with Gasteiger partial charge in [-0.1, -0.05) is 18.2 Å². The second-order valence-corrected chi connectivity index (χ2v) is 5.28. The number of ether oxygens (including phenoxy) is 2. The van der Waals surface area contributed by atoms with Crippen molar-refractivity contribution in [2.75, 3.05) is 12.1 Å². The maximum absolute atomic E-state index is 12.9. The number of aryl methyl sites for hydroxylation is 1. The molecular formula is C17H14F3NO3. The molecule has 1 heterocycles. The van der Waals surface area contributed by atoms with Gasteiger partial charge >= 0.3 is 6.18 Å². The Morgan fingerprint density at radius 2 is 1.83 bits per heavy atom. The first-order valence-electron chi connectivity index (χ1n) is 7.28. The molecule has 0 saturated carbocycles. The molecule has 24 heavy (non-hydrogen) atoms. The maximum Gasteiger partial charge on any atom is 0.418 e. The molecule has 0 radical (unpaired) electrons. The van der Waals surface area contributed by atoms with Crippen LogP contribution >= 0.6 is 0 Å². The Kier molecular flexibility index (Phi) is 4.33. The maximum atomic E-state index is 12.9. The summed E-state index contributed by atoms with van der Waals surface area (Å²) in [6.45, 7) is 0.160. The summed E-state index contributed by atoms with van der Waals surface area (Å²) >= 11 is 0. The summed E-state index contributed by atoms with van der Waals surface area (Å²) in [4.78, 5) is 12.0. The van der Waals surface area contributed by atoms with Gasteiger partial charge in [0, 0.05) is 6.42 Å². The molecule has 2 aromatic carbocycles. The molecule has 2 aromatic rings. The van der Waals surface area contributed by atoms with Crippen LogP contribution in [-0.4, -0.2) is 12.7 Å². The van der Waals surface area contributed by atoms with Gasteiger partial charge in [-0.25, -0.2) is 0 Å². The number of hydrogen-bond acceptors (Lipinski definition) is 3. The fourth-order valence-electron chi connectivity index (χ4n) is 2.41. The molecule has 0 atom stereocenters. The van der Waals surface area contributed by atoms with Gasteiger partial charge in [0.2, 0.25) is 12.7 Å². The zero-order chi connectivity index (χ0) is 17.2. The third-order valence-electron chi connectivity index (χ3n) is 3.58. The Labute approximate surface area is 136 Å². The van der Waals surface area contributed by atoms with E-state index in [1.54, 1.807) is 18.2 Å². The molecule has 3 rings (SSSR count). The predicted molar refractivity (Wildman–Crippen MR) is 81.0 cm³/mol. The fraction of sp³-hybridized carbons (Fsp3) is 0.235. The lowest BCUT2D eigenvalue weighted by molar-refractivity contribution is -0.137. The van der Waals surface area contributed by atoms with Gasteiger partial charge in [-0.05, 0) is 36.2 Å². The lowest BCUT2D eigenvalue weighted by Gasteiger charge is -2.13. The number of nitrogens with one attached hydrogen (secondary N) is 1. The standard InChI is InChI=1S/C17H14F3NO3/c18-17(19,20)12-3-1-2-4-13(12)21-16(22)8-6-11-5-7-14-15(9-11)24-10-23-14/h1-5,7,9H,6,8,10H2,(H,21,22). The van der Waals surface area contributed by atoms with Crippen LogP contribution in [-0.2, 0) is 17.4 Å². The molecule has 0 saturated heterocycles. The van der Waals surface area contributed by atoms with Crippen molar-refractivity contribution in [1.82, 2.24) is 0 Å². The molecule has 1 aliphatic heterocycles. The molecular weight excluding hydrogens is 323 g/mol. The van der Waals surface area contributed by atoms with Gasteiger partial charge in [-0.15, -0.1) is 0 Å². The van der Waals surface area contributed by atoms with Gasteiger partial charge in [0.05, 0.1) is 11.3 Å². The number of anilines is 1. The summed E-state index contributed by atoms with van der Waals surface area (Å²) in [5.74, 6) is 0.766. The Bertz CT molecular complexity index is 759. The van der Waals surface area contributed by atoms with Crippen molar-refractivity contribution in [3.8, 4) is 11.5 Å². The molecule has 1 N–H and O–H groups in total. The van der Waals surface area contributed by atoms with Crippen LogP contribution in [0.25, 0.3) is 0 Å². The monoisotopic (exact) mass is 337 g/mol. The van der Waals surface area contributed by atoms with E-state index >= 15 is 0 Å². The Morgan fingerprint density at radius 1 is 1.08 bits per heavy atom. The second kappa shape index (κ2) is 6.43. The van der Waals surface area contributed by atoms with Crippen molar-refractivity contribution in [2.45, 2.75) is 19.0 Å². The number of para-hydroxylation sites is 1. The normalized spacial score (nSPS) is 13.0. The van der Waals surface area contributed by atoms with Crippen molar-refractivity contribution >= 4 is 11.6 Å². The third kappa shape index (κ3) is 3.61. The predicted octanol–water partition coefficient (Wildman–Crippen LogP) is 4.01. The first kappa shape index (κ1) is 16.2. The molecule has 1 aliphatic rings. The van der Waals surface area contributed by atoms with Crippen LogP contribution in [0.2, 0.25) is 0 Å². The van der Waals surface area contributed by atoms with Gasteiger partial charge in [-0.2, -0.15) is 13.2 Å². The molecule has 1 amide bonds. The zero-order valence-electron chi connectivity index (χ0n) is 12.5. The van der Waals surface area contributed by atoms with Gasteiger partial charge in [0.25, 0.3) is 0 Å². The zero-order valence-corrected chi connectivity index (χ0v) is 12.5. The third-order valence-corrected chi connectivity index (χ3v) is 3.58. The van der Waals surface area contributed by atoms with Crippen molar-refractivity contribution in [2.24, 2.45) is 0 Å². The fourth-order valence-corrected chi connectivity index (χ4v) is 2.41. The van der Waals surface area contributed by atoms with Crippen molar-refractivity contribution in [3.63, 3.8) is 0 Å². The number of fused-ring (bicyclic) bond motifs is 1. The summed E-state index contributed by atoms with van der Waals surface area (Å²) in [5.41, 5.74) is -0.249. The molecule has 7 heteroatoms. The summed E-state index contributed by atoms with van der Waals surface area (Å²) in [6, 6.07) is 10.2. The van der Waals surface area contributed by atoms with E-state index in [1.807, 2.05) is 0 Å². The number of halogens is 3. The highest BCUT2D eigenvalue weighted by atomic mass is 19.4. The van der Waals surface area contributed by atoms with Crippen LogP contribution in [0.4, 0.5) is 18.9 Å². The van der Waals surface area contributed by atoms with Gasteiger partial charge in [0.1, 0.15) is 0 Å². The minimum absolute atomic E-state index is 0.0613. The largest absolute Gasteiger partial charge is 0.454 e. The number of hydrogen-bond donors (Lipinski definition) is 1. The highest BCUT2D eigenvalue weighted by Crippen LogP contribution is 2.35. The van der Waals surface area contributed by atoms with Crippen molar-refractivity contribution in [1.29, 1.82) is 0 Å². The van der Waals surface area contributed by atoms with E-state index in [2.05, 4.69) is 5.32 Å². The number of benzene rings is 2. The Hall–Kier alpha value is -2.70. The van der Waals surface area contributed by atoms with Gasteiger partial charge in [-0.3, -0.25) is 4.79 Å². The lowest BCUT2D eigenvalue weighted by Crippen LogP contribution is -2.16. The quantitative estimate of drug-likeness (QED) is 0.917. The van der Waals surface area contributed by atoms with Crippen molar-refractivity contribution in [3.05, 3.63) is 53.6 Å². The lowest BCUT2D eigenvalue weighted by atomic mass is 10.1. The Balaban J connectivity index is 1.63. The van der Waals surface area contributed by atoms with E-state index in [1.165, 1.54) is 18.2 Å². The first-order valence-corrected chi connectivity index (χ1v) is 7.28. The molecule has 0 fully saturated rings. The van der Waals surface area contributed by atoms with E-state index < -0.39 is 17.6 Å². The summed E-state index contributed by atoms with van der Waals surface area (Å²) < 4.78 is 49.1. The summed E-state index contributed by atoms with van der Waals surface area (Å²) in [7, 11) is 0. The van der Waals surface area contributed by atoms with Gasteiger partial charge < -0.3 is 14.8 Å². The SMILES string of the molecule is O=C(CCc1ccc2c(c1)OCO2)Nc1ccccc1C(F)(F)F.